The topological polar surface area (TPSA) is 75.6 Å². The van der Waals surface area contributed by atoms with Gasteiger partial charge in [0, 0.05) is 11.1 Å². The van der Waals surface area contributed by atoms with Crippen molar-refractivity contribution in [3.05, 3.63) is 34.3 Å². The van der Waals surface area contributed by atoms with Gasteiger partial charge in [0.25, 0.3) is 0 Å². The maximum atomic E-state index is 12.0. The Hall–Kier alpha value is -1.40. The fraction of sp³-hybridized carbons (Fsp3) is 0.467. The van der Waals surface area contributed by atoms with E-state index in [2.05, 4.69) is 21.2 Å². The van der Waals surface area contributed by atoms with Gasteiger partial charge in [0.15, 0.2) is 0 Å². The number of carbonyl (C=O) groups excluding carboxylic acids is 1. The lowest BCUT2D eigenvalue weighted by Gasteiger charge is -2.19. The van der Waals surface area contributed by atoms with Gasteiger partial charge >= 0.3 is 5.97 Å². The average molecular weight is 356 g/mol. The van der Waals surface area contributed by atoms with Crippen LogP contribution in [0.5, 0.6) is 0 Å². The monoisotopic (exact) mass is 355 g/mol. The van der Waals surface area contributed by atoms with E-state index in [1.807, 2.05) is 24.3 Å². The SMILES string of the molecule is O=C(O)C[C@@H](NC(=O)C[C@H]1CCCO1)c1ccc(Br)cc1. The number of halogens is 1. The quantitative estimate of drug-likeness (QED) is 0.822. The molecule has 2 atom stereocenters. The summed E-state index contributed by atoms with van der Waals surface area (Å²) >= 11 is 3.33. The first kappa shape index (κ1) is 16.0. The number of amides is 1. The number of carbonyl (C=O) groups is 2. The molecule has 0 radical (unpaired) electrons. The highest BCUT2D eigenvalue weighted by molar-refractivity contribution is 9.10. The zero-order chi connectivity index (χ0) is 15.2. The highest BCUT2D eigenvalue weighted by atomic mass is 79.9. The Morgan fingerprint density at radius 1 is 1.38 bits per heavy atom. The van der Waals surface area contributed by atoms with Gasteiger partial charge in [-0.3, -0.25) is 9.59 Å². The lowest BCUT2D eigenvalue weighted by molar-refractivity contribution is -0.137. The molecule has 1 fully saturated rings. The van der Waals surface area contributed by atoms with E-state index in [0.29, 0.717) is 6.61 Å². The van der Waals surface area contributed by atoms with Crippen LogP contribution in [0.15, 0.2) is 28.7 Å². The Kier molecular flexibility index (Phi) is 5.76. The summed E-state index contributed by atoms with van der Waals surface area (Å²) in [6.45, 7) is 0.698. The smallest absolute Gasteiger partial charge is 0.305 e. The number of hydrogen-bond donors (Lipinski definition) is 2. The molecule has 1 aliphatic rings. The maximum Gasteiger partial charge on any atom is 0.305 e. The zero-order valence-corrected chi connectivity index (χ0v) is 13.1. The number of carboxylic acid groups (broad SMARTS) is 1. The van der Waals surface area contributed by atoms with Gasteiger partial charge in [0.2, 0.25) is 5.91 Å². The molecule has 1 amide bonds. The summed E-state index contributed by atoms with van der Waals surface area (Å²) in [6, 6.07) is 6.76. The molecular weight excluding hydrogens is 338 g/mol. The fourth-order valence-electron chi connectivity index (χ4n) is 2.39. The predicted octanol–water partition coefficient (Wildman–Crippen LogP) is 2.65. The van der Waals surface area contributed by atoms with Gasteiger partial charge in [-0.1, -0.05) is 28.1 Å². The standard InChI is InChI=1S/C15H18BrNO4/c16-11-5-3-10(4-6-11)13(9-15(19)20)17-14(18)8-12-2-1-7-21-12/h3-6,12-13H,1-2,7-9H2,(H,17,18)(H,19,20)/t12-,13-/m1/s1. The van der Waals surface area contributed by atoms with E-state index in [0.717, 1.165) is 22.9 Å². The van der Waals surface area contributed by atoms with Gasteiger partial charge in [0.05, 0.1) is 25.0 Å². The third-order valence-corrected chi connectivity index (χ3v) is 3.95. The van der Waals surface area contributed by atoms with Gasteiger partial charge in [-0.05, 0) is 30.5 Å². The van der Waals surface area contributed by atoms with E-state index in [1.54, 1.807) is 0 Å². The first-order valence-corrected chi connectivity index (χ1v) is 7.72. The van der Waals surface area contributed by atoms with E-state index in [9.17, 15) is 9.59 Å². The van der Waals surface area contributed by atoms with E-state index in [1.165, 1.54) is 0 Å². The molecule has 2 N–H and O–H groups in total. The summed E-state index contributed by atoms with van der Waals surface area (Å²) in [7, 11) is 0. The molecule has 0 spiro atoms. The van der Waals surface area contributed by atoms with Crippen LogP contribution < -0.4 is 5.32 Å². The largest absolute Gasteiger partial charge is 0.481 e. The lowest BCUT2D eigenvalue weighted by Crippen LogP contribution is -2.32. The molecule has 114 valence electrons. The van der Waals surface area contributed by atoms with E-state index in [4.69, 9.17) is 9.84 Å². The lowest BCUT2D eigenvalue weighted by atomic mass is 10.0. The molecule has 0 unspecified atom stereocenters. The van der Waals surface area contributed by atoms with Crippen LogP contribution in [0.25, 0.3) is 0 Å². The second kappa shape index (κ2) is 7.56. The molecule has 5 nitrogen and oxygen atoms in total. The molecule has 1 aliphatic heterocycles. The summed E-state index contributed by atoms with van der Waals surface area (Å²) in [6.07, 6.45) is 1.96. The average Bonchev–Trinajstić information content (AvgIpc) is 2.91. The molecule has 1 saturated heterocycles. The summed E-state index contributed by atoms with van der Waals surface area (Å²) in [5.74, 6) is -1.11. The molecule has 0 aliphatic carbocycles. The van der Waals surface area contributed by atoms with Crippen LogP contribution in [0.1, 0.15) is 37.3 Å². The first-order chi connectivity index (χ1) is 10.0. The van der Waals surface area contributed by atoms with Crippen LogP contribution >= 0.6 is 15.9 Å². The molecule has 21 heavy (non-hydrogen) atoms. The van der Waals surface area contributed by atoms with Gasteiger partial charge in [0.1, 0.15) is 0 Å². The number of hydrogen-bond acceptors (Lipinski definition) is 3. The van der Waals surface area contributed by atoms with Crippen molar-refractivity contribution in [2.45, 2.75) is 37.8 Å². The van der Waals surface area contributed by atoms with Crippen molar-refractivity contribution < 1.29 is 19.4 Å². The van der Waals surface area contributed by atoms with Crippen molar-refractivity contribution in [3.8, 4) is 0 Å². The highest BCUT2D eigenvalue weighted by Gasteiger charge is 2.22. The molecular formula is C15H18BrNO4. The third-order valence-electron chi connectivity index (χ3n) is 3.42. The summed E-state index contributed by atoms with van der Waals surface area (Å²) < 4.78 is 6.33. The number of rotatable bonds is 6. The number of ether oxygens (including phenoxy) is 1. The van der Waals surface area contributed by atoms with Crippen molar-refractivity contribution in [3.63, 3.8) is 0 Å². The normalized spacial score (nSPS) is 19.2. The number of benzene rings is 1. The molecule has 1 aromatic rings. The van der Waals surface area contributed by atoms with Crippen molar-refractivity contribution in [1.82, 2.24) is 5.32 Å². The second-order valence-corrected chi connectivity index (χ2v) is 6.02. The summed E-state index contributed by atoms with van der Waals surface area (Å²) in [4.78, 5) is 23.0. The Morgan fingerprint density at radius 2 is 2.10 bits per heavy atom. The molecule has 1 aromatic carbocycles. The Labute approximate surface area is 131 Å². The van der Waals surface area contributed by atoms with Gasteiger partial charge < -0.3 is 15.2 Å². The van der Waals surface area contributed by atoms with Crippen LogP contribution in [-0.2, 0) is 14.3 Å². The van der Waals surface area contributed by atoms with Crippen LogP contribution in [0.2, 0.25) is 0 Å². The van der Waals surface area contributed by atoms with Gasteiger partial charge in [-0.25, -0.2) is 0 Å². The minimum Gasteiger partial charge on any atom is -0.481 e. The van der Waals surface area contributed by atoms with Crippen LogP contribution in [0.3, 0.4) is 0 Å². The molecule has 1 heterocycles. The van der Waals surface area contributed by atoms with Gasteiger partial charge in [-0.2, -0.15) is 0 Å². The van der Waals surface area contributed by atoms with Crippen molar-refractivity contribution in [2.24, 2.45) is 0 Å². The molecule has 0 bridgehead atoms. The number of nitrogens with one attached hydrogen (secondary N) is 1. The van der Waals surface area contributed by atoms with Crippen LogP contribution in [0, 0.1) is 0 Å². The molecule has 0 aromatic heterocycles. The Bertz CT molecular complexity index is 497. The molecule has 6 heteroatoms. The fourth-order valence-corrected chi connectivity index (χ4v) is 2.65. The molecule has 2 rings (SSSR count). The van der Waals surface area contributed by atoms with Crippen molar-refractivity contribution >= 4 is 27.8 Å². The highest BCUT2D eigenvalue weighted by Crippen LogP contribution is 2.21. The van der Waals surface area contributed by atoms with E-state index < -0.39 is 12.0 Å². The molecule has 0 saturated carbocycles. The van der Waals surface area contributed by atoms with Crippen molar-refractivity contribution in [2.75, 3.05) is 6.61 Å². The Balaban J connectivity index is 1.99. The number of carboxylic acids is 1. The second-order valence-electron chi connectivity index (χ2n) is 5.11. The third kappa shape index (κ3) is 5.13. The zero-order valence-electron chi connectivity index (χ0n) is 11.5. The van der Waals surface area contributed by atoms with Crippen LogP contribution in [0.4, 0.5) is 0 Å². The maximum absolute atomic E-state index is 12.0. The summed E-state index contributed by atoms with van der Waals surface area (Å²) in [5, 5.41) is 11.8. The Morgan fingerprint density at radius 3 is 2.67 bits per heavy atom. The van der Waals surface area contributed by atoms with Crippen LogP contribution in [-0.4, -0.2) is 29.7 Å². The van der Waals surface area contributed by atoms with Gasteiger partial charge in [-0.15, -0.1) is 0 Å². The predicted molar refractivity (Wildman–Crippen MR) is 80.9 cm³/mol. The van der Waals surface area contributed by atoms with E-state index >= 15 is 0 Å². The number of aliphatic carboxylic acids is 1. The summed E-state index contributed by atoms with van der Waals surface area (Å²) in [5.41, 5.74) is 0.779. The minimum absolute atomic E-state index is 0.0413. The van der Waals surface area contributed by atoms with Crippen molar-refractivity contribution in [1.29, 1.82) is 0 Å². The first-order valence-electron chi connectivity index (χ1n) is 6.93. The minimum atomic E-state index is -0.944. The van der Waals surface area contributed by atoms with E-state index in [-0.39, 0.29) is 24.9 Å².